The largest absolute Gasteiger partial charge is 0.395 e. The minimum Gasteiger partial charge on any atom is -0.395 e. The quantitative estimate of drug-likeness (QED) is 0.647. The van der Waals surface area contributed by atoms with Gasteiger partial charge in [0, 0.05) is 19.2 Å². The Bertz CT molecular complexity index is 303. The molecule has 0 saturated carbocycles. The zero-order valence-corrected chi connectivity index (χ0v) is 7.93. The third kappa shape index (κ3) is 2.70. The smallest absolute Gasteiger partial charge is 0.134 e. The van der Waals surface area contributed by atoms with Crippen LogP contribution in [0.3, 0.4) is 0 Å². The van der Waals surface area contributed by atoms with Crippen molar-refractivity contribution >= 4 is 11.6 Å². The van der Waals surface area contributed by atoms with Gasteiger partial charge in [-0.1, -0.05) is 6.08 Å². The minimum absolute atomic E-state index is 0.0672. The van der Waals surface area contributed by atoms with Gasteiger partial charge in [-0.15, -0.1) is 6.58 Å². The Morgan fingerprint density at radius 1 is 1.57 bits per heavy atom. The lowest BCUT2D eigenvalue weighted by atomic mass is 10.4. The van der Waals surface area contributed by atoms with Gasteiger partial charge in [-0.25, -0.2) is 9.97 Å². The Morgan fingerprint density at radius 3 is 2.93 bits per heavy atom. The summed E-state index contributed by atoms with van der Waals surface area (Å²) in [6, 6.07) is 1.67. The zero-order chi connectivity index (χ0) is 10.4. The van der Waals surface area contributed by atoms with Crippen molar-refractivity contribution < 1.29 is 5.11 Å². The molecule has 0 radical (unpaired) electrons. The Hall–Kier alpha value is -1.62. The van der Waals surface area contributed by atoms with Crippen molar-refractivity contribution in [3.63, 3.8) is 0 Å². The third-order valence-corrected chi connectivity index (χ3v) is 1.72. The van der Waals surface area contributed by atoms with Crippen LogP contribution in [-0.2, 0) is 0 Å². The first-order valence-corrected chi connectivity index (χ1v) is 4.32. The number of aliphatic hydroxyl groups is 1. The molecule has 0 saturated heterocycles. The molecule has 5 heteroatoms. The standard InChI is InChI=1S/C9H14N4O/c1-2-3-13(4-5-14)9-6-8(10)11-7-12-9/h2,6-7,14H,1,3-5H2,(H2,10,11,12). The van der Waals surface area contributed by atoms with Gasteiger partial charge >= 0.3 is 0 Å². The SMILES string of the molecule is C=CCN(CCO)c1cc(N)ncn1. The summed E-state index contributed by atoms with van der Waals surface area (Å²) in [5, 5.41) is 8.84. The molecule has 0 amide bonds. The van der Waals surface area contributed by atoms with Crippen molar-refractivity contribution in [2.45, 2.75) is 0 Å². The molecule has 0 aliphatic carbocycles. The van der Waals surface area contributed by atoms with E-state index in [1.807, 2.05) is 4.90 Å². The highest BCUT2D eigenvalue weighted by atomic mass is 16.3. The van der Waals surface area contributed by atoms with E-state index in [1.54, 1.807) is 12.1 Å². The second kappa shape index (κ2) is 5.18. The molecule has 0 atom stereocenters. The molecule has 3 N–H and O–H groups in total. The molecule has 0 spiro atoms. The topological polar surface area (TPSA) is 75.3 Å². The number of nitrogens with two attached hydrogens (primary N) is 1. The van der Waals surface area contributed by atoms with Crippen LogP contribution < -0.4 is 10.6 Å². The maximum Gasteiger partial charge on any atom is 0.134 e. The molecule has 0 unspecified atom stereocenters. The lowest BCUT2D eigenvalue weighted by Gasteiger charge is -2.20. The van der Waals surface area contributed by atoms with Gasteiger partial charge in [-0.3, -0.25) is 0 Å². The summed E-state index contributed by atoms with van der Waals surface area (Å²) >= 11 is 0. The maximum absolute atomic E-state index is 8.84. The molecule has 0 aliphatic heterocycles. The van der Waals surface area contributed by atoms with Gasteiger partial charge in [0.2, 0.25) is 0 Å². The van der Waals surface area contributed by atoms with Gasteiger partial charge in [-0.2, -0.15) is 0 Å². The zero-order valence-electron chi connectivity index (χ0n) is 7.93. The van der Waals surface area contributed by atoms with Crippen molar-refractivity contribution in [3.05, 3.63) is 25.0 Å². The van der Waals surface area contributed by atoms with Crippen LogP contribution in [0.2, 0.25) is 0 Å². The molecule has 0 aliphatic rings. The molecule has 0 bridgehead atoms. The summed E-state index contributed by atoms with van der Waals surface area (Å²) in [4.78, 5) is 9.71. The van der Waals surface area contributed by atoms with Gasteiger partial charge in [0.05, 0.1) is 6.61 Å². The minimum atomic E-state index is 0.0672. The van der Waals surface area contributed by atoms with Crippen molar-refractivity contribution in [3.8, 4) is 0 Å². The molecule has 0 aromatic carbocycles. The van der Waals surface area contributed by atoms with E-state index < -0.39 is 0 Å². The molecule has 1 rings (SSSR count). The number of nitrogen functional groups attached to an aromatic ring is 1. The third-order valence-electron chi connectivity index (χ3n) is 1.72. The Kier molecular flexibility index (Phi) is 3.87. The van der Waals surface area contributed by atoms with Crippen molar-refractivity contribution in [2.75, 3.05) is 30.3 Å². The highest BCUT2D eigenvalue weighted by Crippen LogP contribution is 2.11. The van der Waals surface area contributed by atoms with Crippen LogP contribution in [0, 0.1) is 0 Å². The van der Waals surface area contributed by atoms with Gasteiger partial charge in [-0.05, 0) is 0 Å². The summed E-state index contributed by atoms with van der Waals surface area (Å²) in [5.74, 6) is 1.12. The van der Waals surface area contributed by atoms with Crippen molar-refractivity contribution in [1.29, 1.82) is 0 Å². The van der Waals surface area contributed by atoms with Crippen LogP contribution >= 0.6 is 0 Å². The summed E-state index contributed by atoms with van der Waals surface area (Å²) in [7, 11) is 0. The molecule has 5 nitrogen and oxygen atoms in total. The second-order valence-electron chi connectivity index (χ2n) is 2.76. The van der Waals surface area contributed by atoms with Gasteiger partial charge < -0.3 is 15.7 Å². The Labute approximate surface area is 82.9 Å². The normalized spacial score (nSPS) is 9.79. The van der Waals surface area contributed by atoms with Gasteiger partial charge in [0.25, 0.3) is 0 Å². The van der Waals surface area contributed by atoms with Crippen LogP contribution in [-0.4, -0.2) is 34.8 Å². The first-order chi connectivity index (χ1) is 6.77. The monoisotopic (exact) mass is 194 g/mol. The van der Waals surface area contributed by atoms with E-state index in [-0.39, 0.29) is 6.61 Å². The number of nitrogens with zero attached hydrogens (tertiary/aromatic N) is 3. The van der Waals surface area contributed by atoms with E-state index in [1.165, 1.54) is 6.33 Å². The first kappa shape index (κ1) is 10.5. The fourth-order valence-corrected chi connectivity index (χ4v) is 1.11. The van der Waals surface area contributed by atoms with Crippen LogP contribution in [0.1, 0.15) is 0 Å². The summed E-state index contributed by atoms with van der Waals surface area (Å²) in [6.07, 6.45) is 3.14. The summed E-state index contributed by atoms with van der Waals surface area (Å²) in [6.45, 7) is 4.82. The lowest BCUT2D eigenvalue weighted by molar-refractivity contribution is 0.302. The predicted octanol–water partition coefficient (Wildman–Crippen LogP) is 0.0435. The van der Waals surface area contributed by atoms with Crippen LogP contribution in [0.15, 0.2) is 25.0 Å². The van der Waals surface area contributed by atoms with E-state index in [4.69, 9.17) is 10.8 Å². The van der Waals surface area contributed by atoms with Crippen molar-refractivity contribution in [2.24, 2.45) is 0 Å². The van der Waals surface area contributed by atoms with E-state index in [0.717, 1.165) is 0 Å². The molecule has 76 valence electrons. The number of hydrogen-bond donors (Lipinski definition) is 2. The molecule has 0 fully saturated rings. The fraction of sp³-hybridized carbons (Fsp3) is 0.333. The Morgan fingerprint density at radius 2 is 2.36 bits per heavy atom. The fourth-order valence-electron chi connectivity index (χ4n) is 1.11. The molecule has 1 heterocycles. The van der Waals surface area contributed by atoms with E-state index in [2.05, 4.69) is 16.5 Å². The van der Waals surface area contributed by atoms with Crippen LogP contribution in [0.5, 0.6) is 0 Å². The molecule has 1 aromatic heterocycles. The molecule has 14 heavy (non-hydrogen) atoms. The summed E-state index contributed by atoms with van der Waals surface area (Å²) < 4.78 is 0. The summed E-state index contributed by atoms with van der Waals surface area (Å²) in [5.41, 5.74) is 5.52. The maximum atomic E-state index is 8.84. The average Bonchev–Trinajstić information content (AvgIpc) is 2.17. The molecular weight excluding hydrogens is 180 g/mol. The number of anilines is 2. The van der Waals surface area contributed by atoms with E-state index in [0.29, 0.717) is 24.7 Å². The predicted molar refractivity (Wildman–Crippen MR) is 55.9 cm³/mol. The highest BCUT2D eigenvalue weighted by Gasteiger charge is 2.05. The Balaban J connectivity index is 2.80. The lowest BCUT2D eigenvalue weighted by Crippen LogP contribution is -2.27. The number of aromatic nitrogens is 2. The second-order valence-corrected chi connectivity index (χ2v) is 2.76. The van der Waals surface area contributed by atoms with Crippen molar-refractivity contribution in [1.82, 2.24) is 9.97 Å². The molecular formula is C9H14N4O. The van der Waals surface area contributed by atoms with Crippen LogP contribution in [0.4, 0.5) is 11.6 Å². The van der Waals surface area contributed by atoms with E-state index in [9.17, 15) is 0 Å². The van der Waals surface area contributed by atoms with Gasteiger partial charge in [0.15, 0.2) is 0 Å². The van der Waals surface area contributed by atoms with Gasteiger partial charge in [0.1, 0.15) is 18.0 Å². The number of rotatable bonds is 5. The average molecular weight is 194 g/mol. The molecule has 1 aromatic rings. The highest BCUT2D eigenvalue weighted by molar-refractivity contribution is 5.46. The van der Waals surface area contributed by atoms with Crippen LogP contribution in [0.25, 0.3) is 0 Å². The number of hydrogen-bond acceptors (Lipinski definition) is 5. The van der Waals surface area contributed by atoms with E-state index >= 15 is 0 Å². The first-order valence-electron chi connectivity index (χ1n) is 4.32. The number of aliphatic hydroxyl groups excluding tert-OH is 1.